The van der Waals surface area contributed by atoms with E-state index in [2.05, 4.69) is 10.2 Å². The third kappa shape index (κ3) is 4.05. The zero-order valence-electron chi connectivity index (χ0n) is 11.1. The highest BCUT2D eigenvalue weighted by Gasteiger charge is 2.07. The van der Waals surface area contributed by atoms with E-state index in [4.69, 9.17) is 16.3 Å². The van der Waals surface area contributed by atoms with Crippen molar-refractivity contribution in [3.05, 3.63) is 39.8 Å². The number of nitrogens with one attached hydrogen (secondary N) is 1. The standard InChI is InChI=1S/C13H16ClN3O2S/c1-2-7-17-12(18)15-16-13(17)20-9-8-19-11-5-3-10(14)4-6-11/h3-6H,2,7-9H2,1H3,(H,15,18). The number of halogens is 1. The molecule has 2 rings (SSSR count). The SMILES string of the molecule is CCCn1c(SCCOc2ccc(Cl)cc2)n[nH]c1=O. The van der Waals surface area contributed by atoms with Crippen LogP contribution in [0.3, 0.4) is 0 Å². The van der Waals surface area contributed by atoms with Crippen LogP contribution >= 0.6 is 23.4 Å². The van der Waals surface area contributed by atoms with Crippen molar-refractivity contribution in [3.8, 4) is 5.75 Å². The Hall–Kier alpha value is -1.40. The Morgan fingerprint density at radius 1 is 1.40 bits per heavy atom. The number of thioether (sulfide) groups is 1. The highest BCUT2D eigenvalue weighted by Crippen LogP contribution is 2.17. The van der Waals surface area contributed by atoms with Crippen molar-refractivity contribution >= 4 is 23.4 Å². The average molecular weight is 314 g/mol. The lowest BCUT2D eigenvalue weighted by Crippen LogP contribution is -2.17. The van der Waals surface area contributed by atoms with Crippen LogP contribution in [-0.4, -0.2) is 27.1 Å². The van der Waals surface area contributed by atoms with E-state index >= 15 is 0 Å². The first-order chi connectivity index (χ1) is 9.70. The van der Waals surface area contributed by atoms with E-state index in [0.29, 0.717) is 23.3 Å². The smallest absolute Gasteiger partial charge is 0.343 e. The van der Waals surface area contributed by atoms with Gasteiger partial charge in [-0.3, -0.25) is 4.57 Å². The van der Waals surface area contributed by atoms with Crippen molar-refractivity contribution < 1.29 is 4.74 Å². The van der Waals surface area contributed by atoms with Gasteiger partial charge in [0, 0.05) is 17.3 Å². The van der Waals surface area contributed by atoms with Crippen molar-refractivity contribution in [2.45, 2.75) is 25.0 Å². The third-order valence-corrected chi connectivity index (χ3v) is 3.76. The van der Waals surface area contributed by atoms with Gasteiger partial charge in [0.15, 0.2) is 5.16 Å². The molecule has 7 heteroatoms. The van der Waals surface area contributed by atoms with Gasteiger partial charge in [-0.05, 0) is 30.7 Å². The van der Waals surface area contributed by atoms with Crippen LogP contribution < -0.4 is 10.4 Å². The first-order valence-electron chi connectivity index (χ1n) is 6.37. The van der Waals surface area contributed by atoms with Crippen molar-refractivity contribution in [2.24, 2.45) is 0 Å². The van der Waals surface area contributed by atoms with Gasteiger partial charge in [0.2, 0.25) is 0 Å². The Labute approximate surface area is 126 Å². The molecule has 1 heterocycles. The maximum atomic E-state index is 11.5. The average Bonchev–Trinajstić information content (AvgIpc) is 2.79. The number of rotatable bonds is 7. The predicted octanol–water partition coefficient (Wildman–Crippen LogP) is 2.81. The lowest BCUT2D eigenvalue weighted by molar-refractivity contribution is 0.344. The number of H-pyrrole nitrogens is 1. The molecule has 0 fully saturated rings. The summed E-state index contributed by atoms with van der Waals surface area (Å²) in [4.78, 5) is 11.5. The summed E-state index contributed by atoms with van der Waals surface area (Å²) < 4.78 is 7.23. The van der Waals surface area contributed by atoms with Gasteiger partial charge >= 0.3 is 5.69 Å². The Bertz CT molecular complexity index is 594. The number of benzene rings is 1. The van der Waals surface area contributed by atoms with Gasteiger partial charge in [0.1, 0.15) is 5.75 Å². The summed E-state index contributed by atoms with van der Waals surface area (Å²) in [5.41, 5.74) is -0.159. The molecule has 0 unspecified atom stereocenters. The Balaban J connectivity index is 1.81. The van der Waals surface area contributed by atoms with Crippen molar-refractivity contribution in [1.82, 2.24) is 14.8 Å². The van der Waals surface area contributed by atoms with E-state index in [-0.39, 0.29) is 5.69 Å². The normalized spacial score (nSPS) is 10.7. The Kier molecular flexibility index (Phi) is 5.55. The van der Waals surface area contributed by atoms with Crippen LogP contribution in [0.4, 0.5) is 0 Å². The van der Waals surface area contributed by atoms with Crippen molar-refractivity contribution in [2.75, 3.05) is 12.4 Å². The summed E-state index contributed by atoms with van der Waals surface area (Å²) in [5, 5.41) is 7.87. The second-order valence-corrected chi connectivity index (χ2v) is 5.61. The lowest BCUT2D eigenvalue weighted by Gasteiger charge is -2.06. The zero-order valence-corrected chi connectivity index (χ0v) is 12.7. The minimum absolute atomic E-state index is 0.159. The molecule has 0 aliphatic rings. The molecule has 1 aromatic heterocycles. The highest BCUT2D eigenvalue weighted by molar-refractivity contribution is 7.99. The van der Waals surface area contributed by atoms with Crippen molar-refractivity contribution in [1.29, 1.82) is 0 Å². The topological polar surface area (TPSA) is 59.9 Å². The van der Waals surface area contributed by atoms with E-state index < -0.39 is 0 Å². The maximum Gasteiger partial charge on any atom is 0.343 e. The number of ether oxygens (including phenoxy) is 1. The number of nitrogens with zero attached hydrogens (tertiary/aromatic N) is 2. The molecule has 2 aromatic rings. The van der Waals surface area contributed by atoms with Gasteiger partial charge in [-0.25, -0.2) is 9.89 Å². The third-order valence-electron chi connectivity index (χ3n) is 2.57. The zero-order chi connectivity index (χ0) is 14.4. The van der Waals surface area contributed by atoms with E-state index in [1.54, 1.807) is 16.7 Å². The van der Waals surface area contributed by atoms with E-state index in [1.165, 1.54) is 11.8 Å². The van der Waals surface area contributed by atoms with Gasteiger partial charge < -0.3 is 4.74 Å². The molecule has 0 aliphatic heterocycles. The number of hydrogen-bond acceptors (Lipinski definition) is 4. The summed E-state index contributed by atoms with van der Waals surface area (Å²) >= 11 is 7.30. The molecule has 5 nitrogen and oxygen atoms in total. The molecule has 108 valence electrons. The molecule has 0 aliphatic carbocycles. The lowest BCUT2D eigenvalue weighted by atomic mass is 10.3. The number of aromatic amines is 1. The number of aromatic nitrogens is 3. The summed E-state index contributed by atoms with van der Waals surface area (Å²) in [6.45, 7) is 3.24. The van der Waals surface area contributed by atoms with Crippen LogP contribution in [0.15, 0.2) is 34.2 Å². The largest absolute Gasteiger partial charge is 0.493 e. The summed E-state index contributed by atoms with van der Waals surface area (Å²) in [5.74, 6) is 1.50. The molecular weight excluding hydrogens is 298 g/mol. The summed E-state index contributed by atoms with van der Waals surface area (Å²) in [7, 11) is 0. The quantitative estimate of drug-likeness (QED) is 0.631. The van der Waals surface area contributed by atoms with E-state index in [9.17, 15) is 4.79 Å². The molecule has 0 bridgehead atoms. The van der Waals surface area contributed by atoms with E-state index in [0.717, 1.165) is 17.9 Å². The van der Waals surface area contributed by atoms with Crippen LogP contribution in [-0.2, 0) is 6.54 Å². The minimum Gasteiger partial charge on any atom is -0.493 e. The van der Waals surface area contributed by atoms with Gasteiger partial charge in [-0.15, -0.1) is 5.10 Å². The molecule has 0 radical (unpaired) electrons. The van der Waals surface area contributed by atoms with Crippen LogP contribution in [0.25, 0.3) is 0 Å². The monoisotopic (exact) mass is 313 g/mol. The fourth-order valence-electron chi connectivity index (χ4n) is 1.66. The Morgan fingerprint density at radius 3 is 2.85 bits per heavy atom. The highest BCUT2D eigenvalue weighted by atomic mass is 35.5. The van der Waals surface area contributed by atoms with Crippen LogP contribution in [0, 0.1) is 0 Å². The first-order valence-corrected chi connectivity index (χ1v) is 7.73. The van der Waals surface area contributed by atoms with Gasteiger partial charge in [0.25, 0.3) is 0 Å². The molecule has 0 amide bonds. The van der Waals surface area contributed by atoms with Crippen molar-refractivity contribution in [3.63, 3.8) is 0 Å². The fraction of sp³-hybridized carbons (Fsp3) is 0.385. The molecule has 0 saturated carbocycles. The Morgan fingerprint density at radius 2 is 2.15 bits per heavy atom. The molecule has 1 aromatic carbocycles. The molecular formula is C13H16ClN3O2S. The van der Waals surface area contributed by atoms with Crippen LogP contribution in [0.1, 0.15) is 13.3 Å². The first kappa shape index (κ1) is 15.0. The summed E-state index contributed by atoms with van der Waals surface area (Å²) in [6.07, 6.45) is 0.897. The minimum atomic E-state index is -0.159. The maximum absolute atomic E-state index is 11.5. The van der Waals surface area contributed by atoms with Gasteiger partial charge in [0.05, 0.1) is 6.61 Å². The summed E-state index contributed by atoms with van der Waals surface area (Å²) in [6, 6.07) is 7.23. The second-order valence-electron chi connectivity index (χ2n) is 4.11. The number of hydrogen-bond donors (Lipinski definition) is 1. The van der Waals surface area contributed by atoms with Crippen LogP contribution in [0.2, 0.25) is 5.02 Å². The van der Waals surface area contributed by atoms with Crippen LogP contribution in [0.5, 0.6) is 5.75 Å². The molecule has 0 saturated heterocycles. The molecule has 0 spiro atoms. The molecule has 20 heavy (non-hydrogen) atoms. The molecule has 0 atom stereocenters. The molecule has 1 N–H and O–H groups in total. The van der Waals surface area contributed by atoms with E-state index in [1.807, 2.05) is 19.1 Å². The van der Waals surface area contributed by atoms with Gasteiger partial charge in [-0.2, -0.15) is 0 Å². The predicted molar refractivity (Wildman–Crippen MR) is 80.8 cm³/mol. The fourth-order valence-corrected chi connectivity index (χ4v) is 2.57. The van der Waals surface area contributed by atoms with Gasteiger partial charge in [-0.1, -0.05) is 30.3 Å². The second kappa shape index (κ2) is 7.40.